The Morgan fingerprint density at radius 1 is 1.04 bits per heavy atom. The van der Waals surface area contributed by atoms with E-state index in [1.165, 1.54) is 28.6 Å². The van der Waals surface area contributed by atoms with Crippen LogP contribution in [0.3, 0.4) is 0 Å². The van der Waals surface area contributed by atoms with Crippen molar-refractivity contribution in [3.8, 4) is 0 Å². The Hall–Kier alpha value is -5.02. The zero-order valence-corrected chi connectivity index (χ0v) is 24.7. The van der Waals surface area contributed by atoms with Crippen LogP contribution in [0.5, 0.6) is 0 Å². The quantitative estimate of drug-likeness (QED) is 0.147. The minimum absolute atomic E-state index is 0.0379. The van der Waals surface area contributed by atoms with Crippen LogP contribution in [0.4, 0.5) is 0 Å². The van der Waals surface area contributed by atoms with E-state index in [1.54, 1.807) is 12.1 Å². The van der Waals surface area contributed by atoms with Crippen LogP contribution in [0.1, 0.15) is 59.9 Å². The molecule has 1 aliphatic heterocycles. The lowest BCUT2D eigenvalue weighted by atomic mass is 10.1. The van der Waals surface area contributed by atoms with Gasteiger partial charge in [-0.2, -0.15) is 0 Å². The number of likely N-dealkylation sites (tertiary alicyclic amines) is 1. The molecule has 1 aromatic heterocycles. The van der Waals surface area contributed by atoms with Gasteiger partial charge < -0.3 is 20.6 Å². The van der Waals surface area contributed by atoms with Gasteiger partial charge in [-0.3, -0.25) is 29.2 Å². The highest BCUT2D eigenvalue weighted by Gasteiger charge is 2.35. The summed E-state index contributed by atoms with van der Waals surface area (Å²) in [7, 11) is 0. The van der Waals surface area contributed by atoms with Gasteiger partial charge in [-0.05, 0) is 59.9 Å². The number of aromatic nitrogens is 4. The number of benzene rings is 2. The molecule has 1 fully saturated rings. The number of ketones is 1. The van der Waals surface area contributed by atoms with Gasteiger partial charge >= 0.3 is 5.97 Å². The van der Waals surface area contributed by atoms with Gasteiger partial charge in [0.25, 0.3) is 5.91 Å². The Labute approximate surface area is 258 Å². The van der Waals surface area contributed by atoms with Crippen LogP contribution in [-0.2, 0) is 43.6 Å². The predicted octanol–water partition coefficient (Wildman–Crippen LogP) is 0.982. The van der Waals surface area contributed by atoms with Gasteiger partial charge in [0.15, 0.2) is 11.6 Å². The molecule has 238 valence electrons. The highest BCUT2D eigenvalue weighted by molar-refractivity contribution is 5.99. The number of carbonyl (C=O) groups is 5. The summed E-state index contributed by atoms with van der Waals surface area (Å²) in [6, 6.07) is 12.3. The molecule has 1 aliphatic rings. The third-order valence-corrected chi connectivity index (χ3v) is 7.52. The zero-order chi connectivity index (χ0) is 32.3. The molecule has 45 heavy (non-hydrogen) atoms. The maximum absolute atomic E-state index is 13.5. The minimum atomic E-state index is -1.40. The molecule has 0 saturated carbocycles. The summed E-state index contributed by atoms with van der Waals surface area (Å²) in [5.74, 6) is -3.18. The first-order valence-electron chi connectivity index (χ1n) is 14.5. The van der Waals surface area contributed by atoms with E-state index in [2.05, 4.69) is 31.0 Å². The second-order valence-corrected chi connectivity index (χ2v) is 10.7. The van der Waals surface area contributed by atoms with Crippen molar-refractivity contribution in [1.82, 2.24) is 35.7 Å². The number of rotatable bonds is 14. The smallest absolute Gasteiger partial charge is 0.305 e. The molecule has 3 atom stereocenters. The van der Waals surface area contributed by atoms with Crippen LogP contribution in [0.25, 0.3) is 0 Å². The van der Waals surface area contributed by atoms with Crippen molar-refractivity contribution >= 4 is 29.5 Å². The Kier molecular flexibility index (Phi) is 11.4. The lowest BCUT2D eigenvalue weighted by Gasteiger charge is -2.30. The van der Waals surface area contributed by atoms with Gasteiger partial charge in [0.2, 0.25) is 11.8 Å². The molecule has 1 saturated heterocycles. The number of carboxylic acids is 1. The number of Topliss-reactive ketones (excluding diaryl/α,β-unsaturated/α-hetero) is 1. The summed E-state index contributed by atoms with van der Waals surface area (Å²) in [5, 5.41) is 34.8. The maximum atomic E-state index is 13.5. The molecule has 3 aromatic rings. The summed E-state index contributed by atoms with van der Waals surface area (Å²) in [6.07, 6.45) is 1.22. The Balaban J connectivity index is 1.41. The van der Waals surface area contributed by atoms with Crippen molar-refractivity contribution in [3.63, 3.8) is 0 Å². The van der Waals surface area contributed by atoms with Crippen molar-refractivity contribution in [2.45, 2.75) is 70.3 Å². The summed E-state index contributed by atoms with van der Waals surface area (Å²) >= 11 is 0. The van der Waals surface area contributed by atoms with E-state index in [4.69, 9.17) is 5.26 Å². The van der Waals surface area contributed by atoms with Crippen LogP contribution < -0.4 is 10.6 Å². The van der Waals surface area contributed by atoms with E-state index in [9.17, 15) is 29.1 Å². The molecule has 4 rings (SSSR count). The minimum Gasteiger partial charge on any atom is -0.481 e. The number of aliphatic carboxylic acids is 1. The lowest BCUT2D eigenvalue weighted by molar-refractivity contribution is -0.253. The van der Waals surface area contributed by atoms with Crippen molar-refractivity contribution in [2.75, 3.05) is 6.54 Å². The standard InChI is InChI=1S/C30H35N7O8/c1-19(36-14-6-5-9-23(30(36)43)31-29(42)22-12-10-21(11-13-22)18-45-44)28(41)32-24(16-27(39)40)25(38)17-37-26(33-34-35-37)15-20-7-3-2-4-8-20/h2-4,7-8,10-13,19,23-24,44H,5-6,9,14-18H2,1H3,(H,31,42)(H,32,41)(H,39,40). The van der Waals surface area contributed by atoms with E-state index in [-0.39, 0.29) is 19.7 Å². The molecule has 0 radical (unpaired) electrons. The fourth-order valence-electron chi connectivity index (χ4n) is 5.01. The number of tetrazole rings is 1. The van der Waals surface area contributed by atoms with Gasteiger partial charge in [-0.15, -0.1) is 5.10 Å². The van der Waals surface area contributed by atoms with E-state index in [1.807, 2.05) is 30.3 Å². The van der Waals surface area contributed by atoms with E-state index < -0.39 is 54.0 Å². The fourth-order valence-corrected chi connectivity index (χ4v) is 5.01. The SMILES string of the molecule is CC(C(=O)NC(CC(=O)O)C(=O)Cn1nnnc1Cc1ccccc1)N1CCCCC(NC(=O)c2ccc(COO)cc2)C1=O. The number of hydrogen-bond donors (Lipinski definition) is 4. The highest BCUT2D eigenvalue weighted by atomic mass is 17.1. The van der Waals surface area contributed by atoms with Crippen molar-refractivity contribution < 1.29 is 39.2 Å². The molecule has 0 aliphatic carbocycles. The largest absolute Gasteiger partial charge is 0.481 e. The van der Waals surface area contributed by atoms with Gasteiger partial charge in [0, 0.05) is 18.5 Å². The average Bonchev–Trinajstić information content (AvgIpc) is 3.37. The molecule has 2 heterocycles. The molecular formula is C30H35N7O8. The van der Waals surface area contributed by atoms with Crippen LogP contribution in [0.2, 0.25) is 0 Å². The molecule has 15 nitrogen and oxygen atoms in total. The average molecular weight is 622 g/mol. The van der Waals surface area contributed by atoms with E-state index in [0.29, 0.717) is 42.6 Å². The first kappa shape index (κ1) is 32.9. The van der Waals surface area contributed by atoms with Crippen LogP contribution in [0.15, 0.2) is 54.6 Å². The molecule has 3 unspecified atom stereocenters. The molecule has 15 heteroatoms. The number of hydrogen-bond acceptors (Lipinski definition) is 10. The van der Waals surface area contributed by atoms with Crippen LogP contribution in [-0.4, -0.2) is 89.6 Å². The summed E-state index contributed by atoms with van der Waals surface area (Å²) in [4.78, 5) is 70.0. The summed E-state index contributed by atoms with van der Waals surface area (Å²) < 4.78 is 1.26. The van der Waals surface area contributed by atoms with Crippen LogP contribution >= 0.6 is 0 Å². The second kappa shape index (κ2) is 15.6. The van der Waals surface area contributed by atoms with Gasteiger partial charge in [0.1, 0.15) is 25.2 Å². The zero-order valence-electron chi connectivity index (χ0n) is 24.7. The van der Waals surface area contributed by atoms with Crippen molar-refractivity contribution in [1.29, 1.82) is 0 Å². The monoisotopic (exact) mass is 621 g/mol. The Morgan fingerprint density at radius 3 is 2.47 bits per heavy atom. The van der Waals surface area contributed by atoms with Crippen molar-refractivity contribution in [3.05, 3.63) is 77.1 Å². The molecule has 4 N–H and O–H groups in total. The first-order valence-corrected chi connectivity index (χ1v) is 14.5. The fraction of sp³-hybridized carbons (Fsp3) is 0.400. The third kappa shape index (κ3) is 9.00. The molecule has 2 aromatic carbocycles. The van der Waals surface area contributed by atoms with Gasteiger partial charge in [0.05, 0.1) is 12.5 Å². The number of carbonyl (C=O) groups excluding carboxylic acids is 4. The maximum Gasteiger partial charge on any atom is 0.305 e. The van der Waals surface area contributed by atoms with Gasteiger partial charge in [-0.1, -0.05) is 42.5 Å². The normalized spacial score (nSPS) is 16.4. The topological polar surface area (TPSA) is 206 Å². The number of nitrogens with zero attached hydrogens (tertiary/aromatic N) is 5. The Bertz CT molecular complexity index is 1500. The highest BCUT2D eigenvalue weighted by Crippen LogP contribution is 2.17. The first-order chi connectivity index (χ1) is 21.7. The Morgan fingerprint density at radius 2 is 1.78 bits per heavy atom. The van der Waals surface area contributed by atoms with Gasteiger partial charge in [-0.25, -0.2) is 9.57 Å². The van der Waals surface area contributed by atoms with Crippen LogP contribution in [0, 0.1) is 0 Å². The summed E-state index contributed by atoms with van der Waals surface area (Å²) in [5.41, 5.74) is 1.86. The number of nitrogens with one attached hydrogen (secondary N) is 2. The summed E-state index contributed by atoms with van der Waals surface area (Å²) in [6.45, 7) is 1.32. The molecule has 0 bridgehead atoms. The lowest BCUT2D eigenvalue weighted by Crippen LogP contribution is -2.56. The number of amides is 3. The van der Waals surface area contributed by atoms with E-state index in [0.717, 1.165) is 5.56 Å². The second-order valence-electron chi connectivity index (χ2n) is 10.7. The molecule has 0 spiro atoms. The van der Waals surface area contributed by atoms with E-state index >= 15 is 0 Å². The molecular weight excluding hydrogens is 586 g/mol. The number of carboxylic acid groups (broad SMARTS) is 1. The van der Waals surface area contributed by atoms with Crippen molar-refractivity contribution in [2.24, 2.45) is 0 Å². The predicted molar refractivity (Wildman–Crippen MR) is 156 cm³/mol. The molecule has 3 amide bonds. The third-order valence-electron chi connectivity index (χ3n) is 7.52.